The Kier molecular flexibility index (Phi) is 6.24. The van der Waals surface area contributed by atoms with Crippen molar-refractivity contribution in [1.82, 2.24) is 24.2 Å². The van der Waals surface area contributed by atoms with Crippen molar-refractivity contribution >= 4 is 33.2 Å². The number of hydrogen-bond donors (Lipinski definition) is 4. The van der Waals surface area contributed by atoms with Gasteiger partial charge in [0.15, 0.2) is 29.4 Å². The number of methoxy groups -OCH3 is 1. The van der Waals surface area contributed by atoms with Crippen LogP contribution in [0.25, 0.3) is 11.2 Å². The van der Waals surface area contributed by atoms with Gasteiger partial charge in [-0.05, 0) is 12.1 Å². The molecule has 0 aliphatic carbocycles. The second kappa shape index (κ2) is 8.97. The Balaban J connectivity index is 1.62. The van der Waals surface area contributed by atoms with Crippen LogP contribution in [-0.2, 0) is 19.2 Å². The van der Waals surface area contributed by atoms with Crippen molar-refractivity contribution in [2.45, 2.75) is 24.7 Å². The van der Waals surface area contributed by atoms with E-state index < -0.39 is 40.9 Å². The van der Waals surface area contributed by atoms with Crippen LogP contribution in [0.4, 0.5) is 5.82 Å². The maximum atomic E-state index is 12.7. The van der Waals surface area contributed by atoms with E-state index in [0.29, 0.717) is 5.75 Å². The van der Waals surface area contributed by atoms with Crippen molar-refractivity contribution in [3.05, 3.63) is 42.5 Å². The number of fused-ring (bicyclic) bond motifs is 1. The second-order valence-electron chi connectivity index (χ2n) is 6.87. The first kappa shape index (κ1) is 23.0. The molecule has 3 aromatic rings. The molecule has 33 heavy (non-hydrogen) atoms. The number of para-hydroxylation sites is 1. The van der Waals surface area contributed by atoms with E-state index in [1.165, 1.54) is 24.3 Å². The molecule has 15 heteroatoms. The lowest BCUT2D eigenvalue weighted by atomic mass is 10.2. The van der Waals surface area contributed by atoms with Gasteiger partial charge in [0.05, 0.1) is 26.1 Å². The van der Waals surface area contributed by atoms with Crippen molar-refractivity contribution in [2.24, 2.45) is 0 Å². The highest BCUT2D eigenvalue weighted by molar-refractivity contribution is 7.84. The van der Waals surface area contributed by atoms with Gasteiger partial charge in [-0.3, -0.25) is 13.5 Å². The number of rotatable bonds is 7. The van der Waals surface area contributed by atoms with Crippen LogP contribution in [0.3, 0.4) is 0 Å². The quantitative estimate of drug-likeness (QED) is 0.330. The maximum Gasteiger partial charge on any atom is 0.337 e. The summed E-state index contributed by atoms with van der Waals surface area (Å²) in [5.41, 5.74) is 0.607. The first-order valence-corrected chi connectivity index (χ1v) is 10.9. The molecule has 4 rings (SSSR count). The fourth-order valence-electron chi connectivity index (χ4n) is 3.31. The zero-order chi connectivity index (χ0) is 23.8. The fraction of sp³-hybridized carbons (Fsp3) is 0.333. The van der Waals surface area contributed by atoms with Gasteiger partial charge >= 0.3 is 10.3 Å². The van der Waals surface area contributed by atoms with Gasteiger partial charge in [0.25, 0.3) is 5.91 Å². The molecule has 1 aliphatic heterocycles. The summed E-state index contributed by atoms with van der Waals surface area (Å²) in [6.45, 7) is 0. The van der Waals surface area contributed by atoms with Gasteiger partial charge in [-0.2, -0.15) is 13.1 Å². The molecule has 0 radical (unpaired) electrons. The van der Waals surface area contributed by atoms with E-state index in [1.807, 2.05) is 4.72 Å². The summed E-state index contributed by atoms with van der Waals surface area (Å²) in [5.74, 6) is -0.0465. The van der Waals surface area contributed by atoms with Crippen molar-refractivity contribution in [1.29, 1.82) is 0 Å². The molecule has 1 aromatic carbocycles. The van der Waals surface area contributed by atoms with E-state index in [1.54, 1.807) is 24.3 Å². The highest BCUT2D eigenvalue weighted by Gasteiger charge is 2.46. The summed E-state index contributed by atoms with van der Waals surface area (Å²) in [5, 5.41) is 23.3. The first-order chi connectivity index (χ1) is 15.8. The average Bonchev–Trinajstić information content (AvgIpc) is 3.36. The van der Waals surface area contributed by atoms with E-state index >= 15 is 0 Å². The third kappa shape index (κ3) is 4.37. The van der Waals surface area contributed by atoms with Crippen molar-refractivity contribution < 1.29 is 37.1 Å². The predicted molar refractivity (Wildman–Crippen MR) is 111 cm³/mol. The van der Waals surface area contributed by atoms with Gasteiger partial charge in [0, 0.05) is 0 Å². The van der Waals surface area contributed by atoms with Crippen molar-refractivity contribution in [3.8, 4) is 5.75 Å². The number of aromatic nitrogens is 4. The minimum atomic E-state index is -4.20. The van der Waals surface area contributed by atoms with Crippen LogP contribution in [0, 0.1) is 0 Å². The van der Waals surface area contributed by atoms with E-state index in [4.69, 9.17) is 9.47 Å². The van der Waals surface area contributed by atoms with Crippen molar-refractivity contribution in [3.63, 3.8) is 0 Å². The number of benzene rings is 1. The zero-order valence-electron chi connectivity index (χ0n) is 17.3. The molecule has 4 N–H and O–H groups in total. The summed E-state index contributed by atoms with van der Waals surface area (Å²) in [6.07, 6.45) is -3.45. The Bertz CT molecular complexity index is 1280. The van der Waals surface area contributed by atoms with Crippen LogP contribution >= 0.6 is 0 Å². The van der Waals surface area contributed by atoms with Crippen LogP contribution in [-0.4, -0.2) is 76.7 Å². The fourth-order valence-corrected chi connectivity index (χ4v) is 3.89. The van der Waals surface area contributed by atoms with Crippen molar-refractivity contribution in [2.75, 3.05) is 19.5 Å². The standard InChI is InChI=1S/C18H20N6O8S/c1-30-10-6-4-3-5-9(10)16(27)22-14-11-15(20-7-19-14)24(8-21-11)18-13(26)12(25)17(32-18)23-33(28,29)31-2/h3-8,12-13,17-18,23,25-26H,1-2H3,(H,19,20,22,27)/t12-,13+,17+,18+/m0/s1. The number of carbonyl (C=O) groups excluding carboxylic acids is 1. The molecule has 1 aliphatic rings. The Hall–Kier alpha value is -3.21. The van der Waals surface area contributed by atoms with Gasteiger partial charge in [-0.1, -0.05) is 12.1 Å². The number of nitrogens with one attached hydrogen (secondary N) is 2. The van der Waals surface area contributed by atoms with Crippen LogP contribution < -0.4 is 14.8 Å². The summed E-state index contributed by atoms with van der Waals surface area (Å²) in [7, 11) is -1.83. The van der Waals surface area contributed by atoms with Crippen LogP contribution in [0.5, 0.6) is 5.75 Å². The number of aliphatic hydroxyl groups is 2. The molecule has 0 unspecified atom stereocenters. The molecule has 14 nitrogen and oxygen atoms in total. The highest BCUT2D eigenvalue weighted by Crippen LogP contribution is 2.32. The van der Waals surface area contributed by atoms with Gasteiger partial charge in [0.1, 0.15) is 24.3 Å². The minimum absolute atomic E-state index is 0.0827. The van der Waals surface area contributed by atoms with E-state index in [9.17, 15) is 23.4 Å². The predicted octanol–water partition coefficient (Wildman–Crippen LogP) is -0.855. The summed E-state index contributed by atoms with van der Waals surface area (Å²) in [4.78, 5) is 25.1. The number of carbonyl (C=O) groups is 1. The smallest absolute Gasteiger partial charge is 0.337 e. The van der Waals surface area contributed by atoms with Crippen LogP contribution in [0.2, 0.25) is 0 Å². The second-order valence-corrected chi connectivity index (χ2v) is 8.35. The average molecular weight is 480 g/mol. The van der Waals surface area contributed by atoms with E-state index in [-0.39, 0.29) is 22.5 Å². The molecule has 4 atom stereocenters. The molecule has 0 saturated carbocycles. The number of aliphatic hydroxyl groups excluding tert-OH is 2. The summed E-state index contributed by atoms with van der Waals surface area (Å²) < 4.78 is 41.5. The molecule has 1 amide bonds. The number of hydrogen-bond acceptors (Lipinski definition) is 11. The SMILES string of the molecule is COc1ccccc1C(=O)Nc1ncnc2c1ncn2[C@@H]1O[C@@H](NS(=O)(=O)OC)[C@@H](O)[C@H]1O. The molecule has 0 spiro atoms. The van der Waals surface area contributed by atoms with E-state index in [0.717, 1.165) is 7.11 Å². The molecule has 176 valence electrons. The topological polar surface area (TPSA) is 187 Å². The lowest BCUT2D eigenvalue weighted by molar-refractivity contribution is -0.0386. The lowest BCUT2D eigenvalue weighted by Gasteiger charge is -2.16. The Labute approximate surface area is 187 Å². The third-order valence-electron chi connectivity index (χ3n) is 4.93. The largest absolute Gasteiger partial charge is 0.496 e. The summed E-state index contributed by atoms with van der Waals surface area (Å²) in [6, 6.07) is 6.62. The van der Waals surface area contributed by atoms with Gasteiger partial charge in [-0.15, -0.1) is 0 Å². The summed E-state index contributed by atoms with van der Waals surface area (Å²) >= 11 is 0. The molecule has 0 bridgehead atoms. The minimum Gasteiger partial charge on any atom is -0.496 e. The third-order valence-corrected chi connectivity index (χ3v) is 5.89. The molecule has 3 heterocycles. The maximum absolute atomic E-state index is 12.7. The highest BCUT2D eigenvalue weighted by atomic mass is 32.2. The number of nitrogens with zero attached hydrogens (tertiary/aromatic N) is 4. The number of anilines is 1. The zero-order valence-corrected chi connectivity index (χ0v) is 18.1. The Morgan fingerprint density at radius 3 is 2.64 bits per heavy atom. The Morgan fingerprint density at radius 2 is 1.91 bits per heavy atom. The van der Waals surface area contributed by atoms with Gasteiger partial charge in [-0.25, -0.2) is 15.0 Å². The molecular formula is C18H20N6O8S. The normalized spacial score (nSPS) is 23.0. The number of imidazole rings is 1. The molecular weight excluding hydrogens is 460 g/mol. The van der Waals surface area contributed by atoms with Crippen LogP contribution in [0.1, 0.15) is 16.6 Å². The van der Waals surface area contributed by atoms with E-state index in [2.05, 4.69) is 24.5 Å². The lowest BCUT2D eigenvalue weighted by Crippen LogP contribution is -2.43. The monoisotopic (exact) mass is 480 g/mol. The number of amides is 1. The Morgan fingerprint density at radius 1 is 1.15 bits per heavy atom. The molecule has 1 fully saturated rings. The first-order valence-electron chi connectivity index (χ1n) is 9.47. The molecule has 2 aromatic heterocycles. The van der Waals surface area contributed by atoms with Gasteiger partial charge in [0.2, 0.25) is 0 Å². The van der Waals surface area contributed by atoms with Crippen LogP contribution in [0.15, 0.2) is 36.9 Å². The number of ether oxygens (including phenoxy) is 2. The molecule has 1 saturated heterocycles. The van der Waals surface area contributed by atoms with Gasteiger partial charge < -0.3 is 25.0 Å².